The average molecular weight is 867 g/mol. The molecule has 0 radical (unpaired) electrons. The topological polar surface area (TPSA) is 9.86 Å². The Kier molecular flexibility index (Phi) is 9.03. The fourth-order valence-electron chi connectivity index (χ4n) is 10.7. The molecule has 0 amide bonds. The quantitative estimate of drug-likeness (QED) is 0.144. The normalized spacial score (nSPS) is 11.9. The molecule has 2 heteroatoms. The molecular formula is C66H44N2. The van der Waals surface area contributed by atoms with Crippen molar-refractivity contribution in [1.29, 1.82) is 0 Å². The van der Waals surface area contributed by atoms with Crippen LogP contribution in [0.5, 0.6) is 0 Å². The number of rotatable bonds is 8. The van der Waals surface area contributed by atoms with E-state index < -0.39 is 0 Å². The summed E-state index contributed by atoms with van der Waals surface area (Å²) < 4.78 is 25.1. The highest BCUT2D eigenvalue weighted by Gasteiger charge is 2.29. The largest absolute Gasteiger partial charge is 0.309 e. The van der Waals surface area contributed by atoms with Crippen LogP contribution in [0.1, 0.15) is 2.74 Å². The molecule has 0 aliphatic carbocycles. The molecule has 2 heterocycles. The predicted octanol–water partition coefficient (Wildman–Crippen LogP) is 17.9. The second kappa shape index (κ2) is 16.5. The fourth-order valence-corrected chi connectivity index (χ4v) is 10.7. The first-order valence-corrected chi connectivity index (χ1v) is 23.3. The molecule has 0 unspecified atom stereocenters. The van der Waals surface area contributed by atoms with Gasteiger partial charge in [0.05, 0.1) is 24.8 Å². The van der Waals surface area contributed by atoms with Crippen molar-refractivity contribution in [1.82, 2.24) is 9.13 Å². The second-order valence-corrected chi connectivity index (χ2v) is 17.4. The highest BCUT2D eigenvalue weighted by molar-refractivity contribution is 6.16. The molecule has 0 fully saturated rings. The lowest BCUT2D eigenvalue weighted by Gasteiger charge is -2.29. The lowest BCUT2D eigenvalue weighted by Crippen LogP contribution is -2.02. The van der Waals surface area contributed by atoms with Crippen molar-refractivity contribution in [2.45, 2.75) is 0 Å². The Morgan fingerprint density at radius 3 is 0.706 bits per heavy atom. The van der Waals surface area contributed by atoms with Gasteiger partial charge in [0.1, 0.15) is 0 Å². The molecule has 0 atom stereocenters. The molecule has 0 bridgehead atoms. The fraction of sp³-hybridized carbons (Fsp3) is 0. The Balaban J connectivity index is 1.17. The van der Waals surface area contributed by atoms with Gasteiger partial charge in [-0.3, -0.25) is 0 Å². The third-order valence-corrected chi connectivity index (χ3v) is 13.6. The summed E-state index contributed by atoms with van der Waals surface area (Å²) in [5.41, 5.74) is 17.9. The van der Waals surface area contributed by atoms with E-state index in [4.69, 9.17) is 0 Å². The van der Waals surface area contributed by atoms with E-state index in [1.54, 1.807) is 0 Å². The smallest absolute Gasteiger partial charge is 0.0630 e. The average Bonchev–Trinajstić information content (AvgIpc) is 3.94. The molecule has 0 N–H and O–H groups in total. The maximum atomic E-state index is 10.2. The van der Waals surface area contributed by atoms with Crippen LogP contribution in [0.15, 0.2) is 267 Å². The Morgan fingerprint density at radius 1 is 0.206 bits per heavy atom. The lowest BCUT2D eigenvalue weighted by molar-refractivity contribution is 1.18. The van der Waals surface area contributed by atoms with Crippen LogP contribution < -0.4 is 0 Å². The van der Waals surface area contributed by atoms with Gasteiger partial charge in [0, 0.05) is 32.9 Å². The van der Waals surface area contributed by atoms with Crippen LogP contribution in [0.4, 0.5) is 0 Å². The molecule has 13 rings (SSSR count). The molecule has 68 heavy (non-hydrogen) atoms. The maximum absolute atomic E-state index is 10.2. The highest BCUT2D eigenvalue weighted by Crippen LogP contribution is 2.56. The van der Waals surface area contributed by atoms with E-state index in [1.807, 2.05) is 12.1 Å². The Hall–Kier alpha value is -8.98. The highest BCUT2D eigenvalue weighted by atomic mass is 15.0. The van der Waals surface area contributed by atoms with E-state index in [0.29, 0.717) is 12.1 Å². The Bertz CT molecular complexity index is 3640. The van der Waals surface area contributed by atoms with Crippen molar-refractivity contribution >= 4 is 43.6 Å². The van der Waals surface area contributed by atoms with Gasteiger partial charge in [-0.15, -0.1) is 0 Å². The number of hydrogen-bond acceptors (Lipinski definition) is 0. The van der Waals surface area contributed by atoms with Crippen LogP contribution in [0, 0.1) is 0 Å². The van der Waals surface area contributed by atoms with Crippen LogP contribution in [-0.2, 0) is 0 Å². The summed E-state index contributed by atoms with van der Waals surface area (Å²) in [6.07, 6.45) is 0. The zero-order valence-corrected chi connectivity index (χ0v) is 37.1. The summed E-state index contributed by atoms with van der Waals surface area (Å²) in [5.74, 6) is 0. The van der Waals surface area contributed by atoms with Gasteiger partial charge < -0.3 is 9.13 Å². The number of benzene rings is 11. The molecule has 2 aromatic heterocycles. The summed E-state index contributed by atoms with van der Waals surface area (Å²) in [6, 6.07) is 90.3. The summed E-state index contributed by atoms with van der Waals surface area (Å²) in [6.45, 7) is 0. The zero-order chi connectivity index (χ0) is 46.7. The van der Waals surface area contributed by atoms with E-state index in [-0.39, 0.29) is 0 Å². The minimum Gasteiger partial charge on any atom is -0.309 e. The Morgan fingerprint density at radius 2 is 0.441 bits per heavy atom. The van der Waals surface area contributed by atoms with Gasteiger partial charge in [-0.2, -0.15) is 0 Å². The van der Waals surface area contributed by atoms with Crippen LogP contribution >= 0.6 is 0 Å². The molecule has 0 aliphatic rings. The molecule has 2 nitrogen and oxygen atoms in total. The first-order chi connectivity index (χ1) is 34.6. The molecule has 318 valence electrons. The van der Waals surface area contributed by atoms with Gasteiger partial charge in [-0.05, 0) is 115 Å². The van der Waals surface area contributed by atoms with Crippen molar-refractivity contribution < 1.29 is 2.74 Å². The van der Waals surface area contributed by atoms with Gasteiger partial charge >= 0.3 is 0 Å². The van der Waals surface area contributed by atoms with Gasteiger partial charge in [0.25, 0.3) is 0 Å². The molecule has 0 aliphatic heterocycles. The molecule has 0 saturated heterocycles. The maximum Gasteiger partial charge on any atom is 0.0630 e. The van der Waals surface area contributed by atoms with Gasteiger partial charge in [0.15, 0.2) is 0 Å². The van der Waals surface area contributed by atoms with E-state index >= 15 is 0 Å². The van der Waals surface area contributed by atoms with E-state index in [1.165, 1.54) is 21.5 Å². The van der Waals surface area contributed by atoms with Gasteiger partial charge in [-0.1, -0.05) is 218 Å². The van der Waals surface area contributed by atoms with Crippen molar-refractivity contribution in [3.8, 4) is 78.1 Å². The van der Waals surface area contributed by atoms with Crippen LogP contribution in [0.3, 0.4) is 0 Å². The van der Waals surface area contributed by atoms with Gasteiger partial charge in [-0.25, -0.2) is 0 Å². The van der Waals surface area contributed by atoms with Crippen LogP contribution in [-0.4, -0.2) is 9.13 Å². The monoisotopic (exact) mass is 866 g/mol. The SMILES string of the molecule is [2H]c1cc(-n2c3ccccc3c3ccccc32)ccc1-c1c(-c2ccccc2)c(-c2ccccc2)c(-c2ccc(-n3c4ccccc4c4ccccc43)cc2[2H])c(-c2ccccc2)c1-c1ccccc1. The van der Waals surface area contributed by atoms with E-state index in [2.05, 4.69) is 252 Å². The van der Waals surface area contributed by atoms with Crippen LogP contribution in [0.2, 0.25) is 0 Å². The minimum absolute atomic E-state index is 0.413. The molecular weight excluding hydrogens is 821 g/mol. The number of fused-ring (bicyclic) bond motifs is 6. The molecule has 0 saturated carbocycles. The molecule has 13 aromatic rings. The first-order valence-electron chi connectivity index (χ1n) is 24.3. The van der Waals surface area contributed by atoms with Crippen molar-refractivity contribution in [3.05, 3.63) is 267 Å². The summed E-state index contributed by atoms with van der Waals surface area (Å²) in [5, 5.41) is 4.72. The Labute approximate surface area is 398 Å². The number of aromatic nitrogens is 2. The zero-order valence-electron chi connectivity index (χ0n) is 39.1. The summed E-state index contributed by atoms with van der Waals surface area (Å²) in [7, 11) is 0. The first kappa shape index (κ1) is 37.3. The number of hydrogen-bond donors (Lipinski definition) is 0. The van der Waals surface area contributed by atoms with Crippen molar-refractivity contribution in [3.63, 3.8) is 0 Å². The predicted molar refractivity (Wildman–Crippen MR) is 288 cm³/mol. The molecule has 11 aromatic carbocycles. The standard InChI is InChI=1S/C66H44N2/c1-5-21-45(22-6-1)61-62(46-23-7-2-8-24-46)66(50-39-43-52(44-40-50)68-59-35-19-15-31-55(59)56-32-16-20-36-60(56)68)64(48-27-11-4-12-28-48)63(47-25-9-3-10-26-47)65(61)49-37-41-51(42-38-49)67-57-33-17-13-29-53(57)54-30-14-18-34-58(54)67/h1-44H/i37D,39D. The van der Waals surface area contributed by atoms with Crippen LogP contribution in [0.25, 0.3) is 122 Å². The number of nitrogens with zero attached hydrogens (tertiary/aromatic N) is 2. The summed E-state index contributed by atoms with van der Waals surface area (Å²) in [4.78, 5) is 0. The second-order valence-electron chi connectivity index (χ2n) is 17.4. The molecule has 0 spiro atoms. The lowest BCUT2D eigenvalue weighted by atomic mass is 9.74. The van der Waals surface area contributed by atoms with Gasteiger partial charge in [0.2, 0.25) is 0 Å². The summed E-state index contributed by atoms with van der Waals surface area (Å²) >= 11 is 0. The minimum atomic E-state index is 0.413. The third kappa shape index (κ3) is 6.41. The van der Waals surface area contributed by atoms with Crippen molar-refractivity contribution in [2.75, 3.05) is 0 Å². The van der Waals surface area contributed by atoms with E-state index in [9.17, 15) is 2.74 Å². The number of para-hydroxylation sites is 4. The van der Waals surface area contributed by atoms with E-state index in [0.717, 1.165) is 100 Å². The van der Waals surface area contributed by atoms with Crippen molar-refractivity contribution in [2.24, 2.45) is 0 Å². The third-order valence-electron chi connectivity index (χ3n) is 13.6.